The van der Waals surface area contributed by atoms with Crippen LogP contribution < -0.4 is 11.3 Å². The predicted octanol–water partition coefficient (Wildman–Crippen LogP) is 1.21. The molecule has 0 saturated carbocycles. The zero-order chi connectivity index (χ0) is 10.8. The monoisotopic (exact) mass is 258 g/mol. The van der Waals surface area contributed by atoms with Crippen LogP contribution in [0.2, 0.25) is 0 Å². The van der Waals surface area contributed by atoms with Crippen molar-refractivity contribution in [1.29, 1.82) is 0 Å². The second-order valence-corrected chi connectivity index (χ2v) is 4.00. The van der Waals surface area contributed by atoms with Crippen molar-refractivity contribution in [1.82, 2.24) is 5.43 Å². The summed E-state index contributed by atoms with van der Waals surface area (Å²) in [6, 6.07) is 6.96. The van der Waals surface area contributed by atoms with Gasteiger partial charge in [-0.05, 0) is 24.6 Å². The Hall–Kier alpha value is -0.910. The summed E-state index contributed by atoms with van der Waals surface area (Å²) in [4.78, 5) is 11.0. The molecule has 0 bridgehead atoms. The van der Waals surface area contributed by atoms with E-state index in [4.69, 9.17) is 10.9 Å². The van der Waals surface area contributed by atoms with Crippen molar-refractivity contribution in [3.05, 3.63) is 34.3 Å². The lowest BCUT2D eigenvalue weighted by molar-refractivity contribution is -0.144. The molecule has 4 N–H and O–H groups in total. The van der Waals surface area contributed by atoms with Gasteiger partial charge in [-0.2, -0.15) is 0 Å². The summed E-state index contributed by atoms with van der Waals surface area (Å²) in [7, 11) is 0. The number of hydrogen-bond donors (Lipinski definition) is 3. The lowest BCUT2D eigenvalue weighted by atomic mass is 9.93. The topological polar surface area (TPSA) is 75.3 Å². The molecule has 0 aromatic heterocycles. The van der Waals surface area contributed by atoms with E-state index in [9.17, 15) is 4.79 Å². The van der Waals surface area contributed by atoms with Gasteiger partial charge in [0.2, 0.25) is 0 Å². The Bertz CT molecular complexity index is 339. The van der Waals surface area contributed by atoms with Gasteiger partial charge in [-0.15, -0.1) is 0 Å². The SMILES string of the molecule is CC(NN)(C(=O)O)c1ccc(Br)cc1. The average molecular weight is 259 g/mol. The molecule has 0 amide bonds. The van der Waals surface area contributed by atoms with Crippen LogP contribution in [0.5, 0.6) is 0 Å². The third kappa shape index (κ3) is 1.95. The first-order valence-electron chi connectivity index (χ1n) is 3.98. The van der Waals surface area contributed by atoms with Gasteiger partial charge in [-0.25, -0.2) is 10.2 Å². The van der Waals surface area contributed by atoms with Gasteiger partial charge in [0.25, 0.3) is 0 Å². The Labute approximate surface area is 90.2 Å². The maximum Gasteiger partial charge on any atom is 0.329 e. The molecule has 0 heterocycles. The van der Waals surface area contributed by atoms with Gasteiger partial charge in [0.15, 0.2) is 5.54 Å². The van der Waals surface area contributed by atoms with E-state index < -0.39 is 11.5 Å². The number of hydrogen-bond acceptors (Lipinski definition) is 3. The van der Waals surface area contributed by atoms with Gasteiger partial charge >= 0.3 is 5.97 Å². The van der Waals surface area contributed by atoms with Crippen LogP contribution in [0, 0.1) is 0 Å². The molecule has 0 aliphatic heterocycles. The fraction of sp³-hybridized carbons (Fsp3) is 0.222. The number of benzene rings is 1. The summed E-state index contributed by atoms with van der Waals surface area (Å²) in [5.41, 5.74) is 1.66. The molecule has 0 aliphatic rings. The van der Waals surface area contributed by atoms with Crippen LogP contribution in [0.4, 0.5) is 0 Å². The molecule has 1 unspecified atom stereocenters. The number of carbonyl (C=O) groups is 1. The number of nitrogens with two attached hydrogens (primary N) is 1. The van der Waals surface area contributed by atoms with Gasteiger partial charge in [0.05, 0.1) is 0 Å². The highest BCUT2D eigenvalue weighted by Crippen LogP contribution is 2.22. The summed E-state index contributed by atoms with van der Waals surface area (Å²) in [6.07, 6.45) is 0. The number of rotatable bonds is 3. The zero-order valence-corrected chi connectivity index (χ0v) is 9.21. The van der Waals surface area contributed by atoms with Gasteiger partial charge in [-0.1, -0.05) is 28.1 Å². The summed E-state index contributed by atoms with van der Waals surface area (Å²) >= 11 is 3.27. The van der Waals surface area contributed by atoms with E-state index in [2.05, 4.69) is 21.4 Å². The molecule has 0 fully saturated rings. The molecule has 5 heteroatoms. The molecule has 1 atom stereocenters. The van der Waals surface area contributed by atoms with E-state index in [1.165, 1.54) is 6.92 Å². The molecule has 0 saturated heterocycles. The molecule has 76 valence electrons. The van der Waals surface area contributed by atoms with Gasteiger partial charge in [0, 0.05) is 4.47 Å². The van der Waals surface area contributed by atoms with E-state index in [0.29, 0.717) is 5.56 Å². The average Bonchev–Trinajstić information content (AvgIpc) is 2.17. The van der Waals surface area contributed by atoms with E-state index >= 15 is 0 Å². The lowest BCUT2D eigenvalue weighted by Gasteiger charge is -2.24. The summed E-state index contributed by atoms with van der Waals surface area (Å²) in [5, 5.41) is 9.00. The largest absolute Gasteiger partial charge is 0.480 e. The van der Waals surface area contributed by atoms with Crippen LogP contribution in [0.1, 0.15) is 12.5 Å². The third-order valence-electron chi connectivity index (χ3n) is 2.14. The molecule has 0 radical (unpaired) electrons. The number of aliphatic carboxylic acids is 1. The van der Waals surface area contributed by atoms with Crippen LogP contribution in [0.25, 0.3) is 0 Å². The third-order valence-corrected chi connectivity index (χ3v) is 2.67. The van der Waals surface area contributed by atoms with Crippen LogP contribution in [-0.2, 0) is 10.3 Å². The van der Waals surface area contributed by atoms with Crippen LogP contribution >= 0.6 is 15.9 Å². The molecular weight excluding hydrogens is 248 g/mol. The number of nitrogens with one attached hydrogen (secondary N) is 1. The van der Waals surface area contributed by atoms with E-state index in [1.807, 2.05) is 0 Å². The van der Waals surface area contributed by atoms with Crippen molar-refractivity contribution in [3.63, 3.8) is 0 Å². The van der Waals surface area contributed by atoms with Crippen molar-refractivity contribution in [2.75, 3.05) is 0 Å². The number of carboxylic acid groups (broad SMARTS) is 1. The molecule has 1 rings (SSSR count). The Morgan fingerprint density at radius 3 is 2.36 bits per heavy atom. The van der Waals surface area contributed by atoms with Crippen molar-refractivity contribution < 1.29 is 9.90 Å². The van der Waals surface area contributed by atoms with Crippen LogP contribution in [-0.4, -0.2) is 11.1 Å². The lowest BCUT2D eigenvalue weighted by Crippen LogP contribution is -2.50. The standard InChI is InChI=1S/C9H11BrN2O2/c1-9(12-11,8(13)14)6-2-4-7(10)5-3-6/h2-5,12H,11H2,1H3,(H,13,14). The van der Waals surface area contributed by atoms with Gasteiger partial charge in [0.1, 0.15) is 0 Å². The first kappa shape index (κ1) is 11.2. The second-order valence-electron chi connectivity index (χ2n) is 3.08. The van der Waals surface area contributed by atoms with E-state index in [0.717, 1.165) is 4.47 Å². The maximum absolute atomic E-state index is 11.0. The first-order valence-corrected chi connectivity index (χ1v) is 4.77. The summed E-state index contributed by atoms with van der Waals surface area (Å²) in [6.45, 7) is 1.51. The van der Waals surface area contributed by atoms with Gasteiger partial charge in [-0.3, -0.25) is 5.84 Å². The minimum Gasteiger partial charge on any atom is -0.480 e. The highest BCUT2D eigenvalue weighted by molar-refractivity contribution is 9.10. The molecule has 0 aliphatic carbocycles. The Balaban J connectivity index is 3.13. The molecule has 4 nitrogen and oxygen atoms in total. The minimum absolute atomic E-state index is 0.607. The second kappa shape index (κ2) is 4.08. The summed E-state index contributed by atoms with van der Waals surface area (Å²) < 4.78 is 0.894. The van der Waals surface area contributed by atoms with E-state index in [1.54, 1.807) is 24.3 Å². The van der Waals surface area contributed by atoms with Crippen molar-refractivity contribution in [2.45, 2.75) is 12.5 Å². The highest BCUT2D eigenvalue weighted by atomic mass is 79.9. The van der Waals surface area contributed by atoms with Crippen molar-refractivity contribution in [3.8, 4) is 0 Å². The smallest absolute Gasteiger partial charge is 0.329 e. The number of hydrazine groups is 1. The van der Waals surface area contributed by atoms with Gasteiger partial charge < -0.3 is 5.11 Å². The molecule has 0 spiro atoms. The molecule has 1 aromatic carbocycles. The first-order chi connectivity index (χ1) is 6.50. The van der Waals surface area contributed by atoms with Crippen LogP contribution in [0.3, 0.4) is 0 Å². The Kier molecular flexibility index (Phi) is 3.25. The Morgan fingerprint density at radius 1 is 1.50 bits per heavy atom. The predicted molar refractivity (Wildman–Crippen MR) is 56.5 cm³/mol. The number of halogens is 1. The van der Waals surface area contributed by atoms with Crippen molar-refractivity contribution in [2.24, 2.45) is 5.84 Å². The fourth-order valence-electron chi connectivity index (χ4n) is 1.05. The van der Waals surface area contributed by atoms with E-state index in [-0.39, 0.29) is 0 Å². The number of carboxylic acids is 1. The van der Waals surface area contributed by atoms with Crippen molar-refractivity contribution >= 4 is 21.9 Å². The fourth-order valence-corrected chi connectivity index (χ4v) is 1.32. The minimum atomic E-state index is -1.25. The normalized spacial score (nSPS) is 14.8. The molecular formula is C9H11BrN2O2. The van der Waals surface area contributed by atoms with Crippen LogP contribution in [0.15, 0.2) is 28.7 Å². The summed E-state index contributed by atoms with van der Waals surface area (Å²) in [5.74, 6) is 4.22. The highest BCUT2D eigenvalue weighted by Gasteiger charge is 2.33. The maximum atomic E-state index is 11.0. The quantitative estimate of drug-likeness (QED) is 0.563. The Morgan fingerprint density at radius 2 is 2.00 bits per heavy atom. The molecule has 1 aromatic rings. The molecule has 14 heavy (non-hydrogen) atoms. The zero-order valence-electron chi connectivity index (χ0n) is 7.62.